The number of fused-ring (bicyclic) bond motifs is 5. The van der Waals surface area contributed by atoms with Gasteiger partial charge in [0.15, 0.2) is 6.10 Å². The molecule has 7 nitrogen and oxygen atoms in total. The molecule has 3 heterocycles. The SMILES string of the molecule is CCC(OC(=O)c1c2c(nc3ccccc13)CCN(CC)C2)C(=O)Nc1ccc2c(c1)c1ccccc1n2CC. The molecule has 1 N–H and O–H groups in total. The largest absolute Gasteiger partial charge is 0.449 e. The van der Waals surface area contributed by atoms with Crippen molar-refractivity contribution in [3.63, 3.8) is 0 Å². The number of benzene rings is 3. The molecule has 0 saturated carbocycles. The van der Waals surface area contributed by atoms with Crippen molar-refractivity contribution in [2.45, 2.75) is 52.8 Å². The number of carbonyl (C=O) groups is 2. The number of carbonyl (C=O) groups excluding carboxylic acids is 2. The fourth-order valence-electron chi connectivity index (χ4n) is 5.95. The molecule has 204 valence electrons. The topological polar surface area (TPSA) is 76.5 Å². The lowest BCUT2D eigenvalue weighted by Crippen LogP contribution is -2.35. The number of aryl methyl sites for hydroxylation is 1. The number of anilines is 1. The Morgan fingerprint density at radius 1 is 0.925 bits per heavy atom. The van der Waals surface area contributed by atoms with Crippen LogP contribution in [-0.4, -0.2) is 45.5 Å². The van der Waals surface area contributed by atoms with Crippen LogP contribution in [0.5, 0.6) is 0 Å². The van der Waals surface area contributed by atoms with Crippen LogP contribution in [0.1, 0.15) is 48.8 Å². The molecule has 0 fully saturated rings. The normalized spacial score (nSPS) is 14.4. The van der Waals surface area contributed by atoms with Crippen molar-refractivity contribution in [2.24, 2.45) is 0 Å². The predicted molar refractivity (Wildman–Crippen MR) is 160 cm³/mol. The van der Waals surface area contributed by atoms with Crippen LogP contribution in [0.25, 0.3) is 32.7 Å². The fraction of sp³-hybridized carbons (Fsp3) is 0.303. The highest BCUT2D eigenvalue weighted by atomic mass is 16.5. The van der Waals surface area contributed by atoms with Crippen molar-refractivity contribution in [2.75, 3.05) is 18.4 Å². The van der Waals surface area contributed by atoms with Gasteiger partial charge in [-0.2, -0.15) is 0 Å². The third kappa shape index (κ3) is 4.50. The number of rotatable bonds is 7. The van der Waals surface area contributed by atoms with Gasteiger partial charge in [-0.25, -0.2) is 4.79 Å². The molecule has 0 bridgehead atoms. The van der Waals surface area contributed by atoms with E-state index in [0.29, 0.717) is 24.2 Å². The van der Waals surface area contributed by atoms with Crippen LogP contribution >= 0.6 is 0 Å². The van der Waals surface area contributed by atoms with Gasteiger partial charge in [0.05, 0.1) is 11.1 Å². The zero-order valence-electron chi connectivity index (χ0n) is 23.2. The molecule has 40 heavy (non-hydrogen) atoms. The molecule has 0 aliphatic carbocycles. The van der Waals surface area contributed by atoms with Crippen molar-refractivity contribution >= 4 is 50.3 Å². The number of amides is 1. The third-order valence-electron chi connectivity index (χ3n) is 8.05. The summed E-state index contributed by atoms with van der Waals surface area (Å²) >= 11 is 0. The second-order valence-electron chi connectivity index (χ2n) is 10.3. The summed E-state index contributed by atoms with van der Waals surface area (Å²) in [6.07, 6.45) is 0.220. The molecule has 0 spiro atoms. The lowest BCUT2D eigenvalue weighted by molar-refractivity contribution is -0.124. The van der Waals surface area contributed by atoms with Gasteiger partial charge in [-0.15, -0.1) is 0 Å². The quantitative estimate of drug-likeness (QED) is 0.248. The van der Waals surface area contributed by atoms with Crippen molar-refractivity contribution < 1.29 is 14.3 Å². The number of esters is 1. The van der Waals surface area contributed by atoms with E-state index in [0.717, 1.165) is 64.5 Å². The van der Waals surface area contributed by atoms with Crippen molar-refractivity contribution in [3.05, 3.63) is 83.6 Å². The van der Waals surface area contributed by atoms with Gasteiger partial charge in [-0.05, 0) is 50.2 Å². The Bertz CT molecular complexity index is 1760. The summed E-state index contributed by atoms with van der Waals surface area (Å²) in [5, 5.41) is 5.99. The summed E-state index contributed by atoms with van der Waals surface area (Å²) in [6.45, 7) is 9.40. The average molecular weight is 535 g/mol. The summed E-state index contributed by atoms with van der Waals surface area (Å²) in [6, 6.07) is 21.9. The first-order valence-corrected chi connectivity index (χ1v) is 14.2. The number of para-hydroxylation sites is 2. The van der Waals surface area contributed by atoms with E-state index in [2.05, 4.69) is 40.8 Å². The molecule has 1 aliphatic rings. The van der Waals surface area contributed by atoms with Gasteiger partial charge >= 0.3 is 5.97 Å². The molecule has 6 rings (SSSR count). The first-order chi connectivity index (χ1) is 19.5. The number of ether oxygens (including phenoxy) is 1. The standard InChI is InChI=1S/C33H34N4O3/c1-4-30(32(38)34-21-15-16-29-24(19-21)22-11-8-10-14-28(22)37(29)6-3)40-33(39)31-23-12-7-9-13-26(23)35-27-17-18-36(5-2)20-25(27)31/h7-16,19,30H,4-6,17-18,20H2,1-3H3,(H,34,38). The van der Waals surface area contributed by atoms with Crippen LogP contribution < -0.4 is 5.32 Å². The maximum Gasteiger partial charge on any atom is 0.340 e. The van der Waals surface area contributed by atoms with E-state index in [4.69, 9.17) is 9.72 Å². The number of pyridine rings is 1. The minimum Gasteiger partial charge on any atom is -0.449 e. The van der Waals surface area contributed by atoms with Gasteiger partial charge in [0, 0.05) is 70.2 Å². The molecule has 0 radical (unpaired) electrons. The maximum atomic E-state index is 13.8. The van der Waals surface area contributed by atoms with Gasteiger partial charge < -0.3 is 14.6 Å². The van der Waals surface area contributed by atoms with E-state index in [1.807, 2.05) is 61.5 Å². The van der Waals surface area contributed by atoms with E-state index in [9.17, 15) is 9.59 Å². The Kier molecular flexibility index (Phi) is 6.98. The van der Waals surface area contributed by atoms with E-state index in [1.165, 1.54) is 5.52 Å². The predicted octanol–water partition coefficient (Wildman–Crippen LogP) is 6.31. The number of nitrogens with zero attached hydrogens (tertiary/aromatic N) is 3. The second-order valence-corrected chi connectivity index (χ2v) is 10.3. The minimum atomic E-state index is -0.923. The summed E-state index contributed by atoms with van der Waals surface area (Å²) < 4.78 is 8.21. The first-order valence-electron chi connectivity index (χ1n) is 14.2. The van der Waals surface area contributed by atoms with E-state index < -0.39 is 12.1 Å². The van der Waals surface area contributed by atoms with Crippen molar-refractivity contribution in [1.82, 2.24) is 14.5 Å². The van der Waals surface area contributed by atoms with Gasteiger partial charge in [0.25, 0.3) is 5.91 Å². The summed E-state index contributed by atoms with van der Waals surface area (Å²) in [7, 11) is 0. The van der Waals surface area contributed by atoms with Crippen LogP contribution in [0.15, 0.2) is 66.7 Å². The number of hydrogen-bond donors (Lipinski definition) is 1. The summed E-state index contributed by atoms with van der Waals surface area (Å²) in [4.78, 5) is 34.3. The van der Waals surface area contributed by atoms with E-state index in [1.54, 1.807) is 0 Å². The van der Waals surface area contributed by atoms with Crippen molar-refractivity contribution in [1.29, 1.82) is 0 Å². The highest BCUT2D eigenvalue weighted by molar-refractivity contribution is 6.10. The Balaban J connectivity index is 1.29. The van der Waals surface area contributed by atoms with Crippen LogP contribution in [0.2, 0.25) is 0 Å². The highest BCUT2D eigenvalue weighted by Crippen LogP contribution is 2.32. The lowest BCUT2D eigenvalue weighted by atomic mass is 9.95. The number of aromatic nitrogens is 2. The molecule has 2 aromatic heterocycles. The third-order valence-corrected chi connectivity index (χ3v) is 8.05. The molecule has 1 unspecified atom stereocenters. The van der Waals surface area contributed by atoms with E-state index in [-0.39, 0.29) is 5.91 Å². The number of likely N-dealkylation sites (N-methyl/N-ethyl adjacent to an activating group) is 1. The molecule has 1 amide bonds. The molecular weight excluding hydrogens is 500 g/mol. The Morgan fingerprint density at radius 3 is 2.45 bits per heavy atom. The van der Waals surface area contributed by atoms with Crippen LogP contribution in [0, 0.1) is 0 Å². The molecule has 1 atom stereocenters. The zero-order valence-corrected chi connectivity index (χ0v) is 23.2. The molecule has 1 aliphatic heterocycles. The maximum absolute atomic E-state index is 13.8. The second kappa shape index (κ2) is 10.7. The van der Waals surface area contributed by atoms with Gasteiger partial charge in [-0.3, -0.25) is 14.7 Å². The van der Waals surface area contributed by atoms with Gasteiger partial charge in [-0.1, -0.05) is 50.2 Å². The van der Waals surface area contributed by atoms with Crippen LogP contribution in [0.3, 0.4) is 0 Å². The lowest BCUT2D eigenvalue weighted by Gasteiger charge is -2.29. The van der Waals surface area contributed by atoms with E-state index >= 15 is 0 Å². The smallest absolute Gasteiger partial charge is 0.340 e. The highest BCUT2D eigenvalue weighted by Gasteiger charge is 2.29. The molecule has 7 heteroatoms. The molecule has 3 aromatic carbocycles. The molecular formula is C33H34N4O3. The monoisotopic (exact) mass is 534 g/mol. The summed E-state index contributed by atoms with van der Waals surface area (Å²) in [5.41, 5.74) is 6.11. The molecule has 5 aromatic rings. The Hall–Kier alpha value is -4.23. The van der Waals surface area contributed by atoms with Gasteiger partial charge in [0.2, 0.25) is 0 Å². The van der Waals surface area contributed by atoms with Crippen molar-refractivity contribution in [3.8, 4) is 0 Å². The molecule has 0 saturated heterocycles. The number of hydrogen-bond acceptors (Lipinski definition) is 5. The number of nitrogens with one attached hydrogen (secondary N) is 1. The zero-order chi connectivity index (χ0) is 27.8. The fourth-order valence-corrected chi connectivity index (χ4v) is 5.95. The minimum absolute atomic E-state index is 0.336. The van der Waals surface area contributed by atoms with Crippen LogP contribution in [0.4, 0.5) is 5.69 Å². The Labute approximate surface area is 233 Å². The Morgan fingerprint density at radius 2 is 1.68 bits per heavy atom. The van der Waals surface area contributed by atoms with Crippen LogP contribution in [-0.2, 0) is 29.0 Å². The first kappa shape index (κ1) is 26.0. The average Bonchev–Trinajstić information content (AvgIpc) is 3.31. The summed E-state index contributed by atoms with van der Waals surface area (Å²) in [5.74, 6) is -0.812. The van der Waals surface area contributed by atoms with Gasteiger partial charge in [0.1, 0.15) is 0 Å².